The van der Waals surface area contributed by atoms with Crippen molar-refractivity contribution in [3.8, 4) is 12.3 Å². The summed E-state index contributed by atoms with van der Waals surface area (Å²) in [5.41, 5.74) is 1.22. The topological polar surface area (TPSA) is 29.1 Å². The molecule has 18 heavy (non-hydrogen) atoms. The molecule has 0 aliphatic heterocycles. The fraction of sp³-hybridized carbons (Fsp3) is 0.533. The lowest BCUT2D eigenvalue weighted by atomic mass is 9.87. The lowest BCUT2D eigenvalue weighted by Crippen LogP contribution is -2.38. The maximum atomic E-state index is 12.3. The van der Waals surface area contributed by atoms with Crippen molar-refractivity contribution in [1.82, 2.24) is 5.32 Å². The first-order valence-electron chi connectivity index (χ1n) is 6.59. The van der Waals surface area contributed by atoms with Crippen molar-refractivity contribution >= 4 is 17.2 Å². The monoisotopic (exact) mass is 261 g/mol. The highest BCUT2D eigenvalue weighted by molar-refractivity contribution is 7.10. The number of amides is 1. The molecular weight excluding hydrogens is 242 g/mol. The zero-order chi connectivity index (χ0) is 13.0. The Bertz CT molecular complexity index is 457. The van der Waals surface area contributed by atoms with Gasteiger partial charge in [0.25, 0.3) is 0 Å². The summed E-state index contributed by atoms with van der Waals surface area (Å²) in [6, 6.07) is 1.97. The zero-order valence-electron chi connectivity index (χ0n) is 10.7. The van der Waals surface area contributed by atoms with E-state index in [4.69, 9.17) is 6.42 Å². The van der Waals surface area contributed by atoms with Crippen LogP contribution in [0.25, 0.3) is 0 Å². The lowest BCUT2D eigenvalue weighted by molar-refractivity contribution is -0.123. The van der Waals surface area contributed by atoms with Crippen LogP contribution in [0.5, 0.6) is 0 Å². The molecule has 1 aliphatic rings. The van der Waals surface area contributed by atoms with E-state index in [1.807, 2.05) is 0 Å². The molecule has 2 atom stereocenters. The summed E-state index contributed by atoms with van der Waals surface area (Å²) in [7, 11) is 0. The van der Waals surface area contributed by atoms with Crippen molar-refractivity contribution in [3.63, 3.8) is 0 Å². The molecule has 0 radical (unpaired) electrons. The minimum Gasteiger partial charge on any atom is -0.342 e. The van der Waals surface area contributed by atoms with Gasteiger partial charge in [-0.3, -0.25) is 4.79 Å². The smallest absolute Gasteiger partial charge is 0.228 e. The van der Waals surface area contributed by atoms with E-state index in [1.54, 1.807) is 11.3 Å². The fourth-order valence-corrected chi connectivity index (χ4v) is 3.50. The van der Waals surface area contributed by atoms with Gasteiger partial charge in [-0.15, -0.1) is 17.8 Å². The molecule has 2 rings (SSSR count). The number of carbonyl (C=O) groups excluding carboxylic acids is 1. The van der Waals surface area contributed by atoms with E-state index < -0.39 is 0 Å². The van der Waals surface area contributed by atoms with Gasteiger partial charge in [0.05, 0.1) is 12.0 Å². The maximum Gasteiger partial charge on any atom is 0.228 e. The molecule has 1 aliphatic carbocycles. The molecule has 2 unspecified atom stereocenters. The minimum absolute atomic E-state index is 0.00714. The number of hydrogen-bond acceptors (Lipinski definition) is 2. The van der Waals surface area contributed by atoms with E-state index in [9.17, 15) is 4.79 Å². The van der Waals surface area contributed by atoms with Gasteiger partial charge in [0.15, 0.2) is 0 Å². The number of aryl methyl sites for hydroxylation is 1. The molecule has 1 heterocycles. The number of rotatable bonds is 4. The van der Waals surface area contributed by atoms with Crippen LogP contribution < -0.4 is 5.32 Å². The molecular formula is C15H19NOS. The summed E-state index contributed by atoms with van der Waals surface area (Å²) in [6.07, 6.45) is 10.4. The molecule has 1 N–H and O–H groups in total. The van der Waals surface area contributed by atoms with Gasteiger partial charge in [0.1, 0.15) is 0 Å². The number of terminal acetylenes is 1. The van der Waals surface area contributed by atoms with Crippen molar-refractivity contribution in [1.29, 1.82) is 0 Å². The Kier molecular flexibility index (Phi) is 4.43. The second-order valence-corrected chi connectivity index (χ2v) is 5.76. The molecule has 2 nitrogen and oxygen atoms in total. The van der Waals surface area contributed by atoms with Crippen LogP contribution in [0.1, 0.15) is 49.0 Å². The average Bonchev–Trinajstić information content (AvgIpc) is 2.85. The van der Waals surface area contributed by atoms with Crippen molar-refractivity contribution in [3.05, 3.63) is 21.9 Å². The summed E-state index contributed by atoms with van der Waals surface area (Å²) in [6.45, 7) is 2.08. The Morgan fingerprint density at radius 1 is 1.72 bits per heavy atom. The van der Waals surface area contributed by atoms with Crippen molar-refractivity contribution in [2.24, 2.45) is 0 Å². The first kappa shape index (κ1) is 13.2. The molecule has 3 heteroatoms. The fourth-order valence-electron chi connectivity index (χ4n) is 2.52. The van der Waals surface area contributed by atoms with Crippen LogP contribution >= 0.6 is 11.3 Å². The Balaban J connectivity index is 2.05. The van der Waals surface area contributed by atoms with Gasteiger partial charge in [0, 0.05) is 4.88 Å². The van der Waals surface area contributed by atoms with E-state index in [-0.39, 0.29) is 17.9 Å². The second kappa shape index (κ2) is 6.06. The first-order chi connectivity index (χ1) is 8.76. The van der Waals surface area contributed by atoms with E-state index in [0.29, 0.717) is 0 Å². The van der Waals surface area contributed by atoms with Crippen LogP contribution in [0.3, 0.4) is 0 Å². The van der Waals surface area contributed by atoms with Crippen molar-refractivity contribution < 1.29 is 4.79 Å². The Morgan fingerprint density at radius 2 is 2.56 bits per heavy atom. The maximum absolute atomic E-state index is 12.3. The summed E-state index contributed by atoms with van der Waals surface area (Å²) in [5.74, 6) is 2.77. The van der Waals surface area contributed by atoms with Crippen LogP contribution in [-0.4, -0.2) is 11.9 Å². The molecule has 0 aromatic carbocycles. The van der Waals surface area contributed by atoms with Gasteiger partial charge in [-0.2, -0.15) is 0 Å². The minimum atomic E-state index is -0.119. The number of hydrogen-bond donors (Lipinski definition) is 1. The molecule has 96 valence electrons. The molecule has 0 bridgehead atoms. The number of fused-ring (bicyclic) bond motifs is 1. The number of carbonyl (C=O) groups is 1. The van der Waals surface area contributed by atoms with Crippen molar-refractivity contribution in [2.45, 2.75) is 51.0 Å². The number of nitrogens with one attached hydrogen (secondary N) is 1. The summed E-state index contributed by atoms with van der Waals surface area (Å²) < 4.78 is 0. The normalized spacial score (nSPS) is 19.7. The first-order valence-corrected chi connectivity index (χ1v) is 7.47. The predicted molar refractivity (Wildman–Crippen MR) is 75.7 cm³/mol. The van der Waals surface area contributed by atoms with E-state index in [2.05, 4.69) is 29.6 Å². The molecule has 1 aromatic heterocycles. The van der Waals surface area contributed by atoms with E-state index in [1.165, 1.54) is 10.4 Å². The average molecular weight is 261 g/mol. The molecule has 1 aromatic rings. The molecule has 0 saturated heterocycles. The molecule has 0 fully saturated rings. The molecule has 0 spiro atoms. The SMILES string of the molecule is C#CC(CCC)NC(=O)C1CCCc2sccc21. The second-order valence-electron chi connectivity index (χ2n) is 4.76. The summed E-state index contributed by atoms with van der Waals surface area (Å²) in [4.78, 5) is 13.7. The van der Waals surface area contributed by atoms with Gasteiger partial charge < -0.3 is 5.32 Å². The van der Waals surface area contributed by atoms with E-state index in [0.717, 1.165) is 32.1 Å². The Hall–Kier alpha value is -1.27. The van der Waals surface area contributed by atoms with Gasteiger partial charge in [-0.05, 0) is 42.7 Å². The van der Waals surface area contributed by atoms with Crippen LogP contribution in [-0.2, 0) is 11.2 Å². The highest BCUT2D eigenvalue weighted by Crippen LogP contribution is 2.35. The standard InChI is InChI=1S/C15H19NOS/c1-3-6-11(4-2)16-15(17)13-7-5-8-14-12(13)9-10-18-14/h2,9-11,13H,3,5-8H2,1H3,(H,16,17). The van der Waals surface area contributed by atoms with Crippen LogP contribution in [0.4, 0.5) is 0 Å². The molecule has 0 saturated carbocycles. The third-order valence-corrected chi connectivity index (χ3v) is 4.46. The third-order valence-electron chi connectivity index (χ3n) is 3.46. The van der Waals surface area contributed by atoms with Gasteiger partial charge in [-0.1, -0.05) is 19.3 Å². The highest BCUT2D eigenvalue weighted by Gasteiger charge is 2.28. The summed E-state index contributed by atoms with van der Waals surface area (Å²) >= 11 is 1.76. The number of thiophene rings is 1. The van der Waals surface area contributed by atoms with Crippen LogP contribution in [0, 0.1) is 12.3 Å². The van der Waals surface area contributed by atoms with Crippen molar-refractivity contribution in [2.75, 3.05) is 0 Å². The molecule has 1 amide bonds. The quantitative estimate of drug-likeness (QED) is 0.829. The van der Waals surface area contributed by atoms with Crippen LogP contribution in [0.2, 0.25) is 0 Å². The van der Waals surface area contributed by atoms with E-state index >= 15 is 0 Å². The lowest BCUT2D eigenvalue weighted by Gasteiger charge is -2.23. The Morgan fingerprint density at radius 3 is 3.28 bits per heavy atom. The largest absolute Gasteiger partial charge is 0.342 e. The predicted octanol–water partition coefficient (Wildman–Crippen LogP) is 3.09. The summed E-state index contributed by atoms with van der Waals surface area (Å²) in [5, 5.41) is 5.08. The van der Waals surface area contributed by atoms with Crippen LogP contribution in [0.15, 0.2) is 11.4 Å². The van der Waals surface area contributed by atoms with Gasteiger partial charge in [0.2, 0.25) is 5.91 Å². The van der Waals surface area contributed by atoms with Gasteiger partial charge in [-0.25, -0.2) is 0 Å². The zero-order valence-corrected chi connectivity index (χ0v) is 11.6. The third kappa shape index (κ3) is 2.76. The highest BCUT2D eigenvalue weighted by atomic mass is 32.1. The Labute approximate surface area is 113 Å². The van der Waals surface area contributed by atoms with Gasteiger partial charge >= 0.3 is 0 Å².